The van der Waals surface area contributed by atoms with E-state index < -0.39 is 17.6 Å². The van der Waals surface area contributed by atoms with Gasteiger partial charge in [-0.2, -0.15) is 13.2 Å². The lowest BCUT2D eigenvalue weighted by Crippen LogP contribution is -2.40. The van der Waals surface area contributed by atoms with Gasteiger partial charge in [0, 0.05) is 37.8 Å². The summed E-state index contributed by atoms with van der Waals surface area (Å²) in [5, 5.41) is 26.4. The fourth-order valence-corrected chi connectivity index (χ4v) is 4.32. The normalized spacial score (nSPS) is 20.1. The Bertz CT molecular complexity index is 1170. The summed E-state index contributed by atoms with van der Waals surface area (Å²) in [7, 11) is 1.53. The summed E-state index contributed by atoms with van der Waals surface area (Å²) in [5.74, 6) is -2.99. The first kappa shape index (κ1) is 29.9. The minimum absolute atomic E-state index is 0.0685. The van der Waals surface area contributed by atoms with Crippen LogP contribution in [0.3, 0.4) is 0 Å². The molecule has 0 radical (unpaired) electrons. The summed E-state index contributed by atoms with van der Waals surface area (Å²) < 4.78 is 43.3. The van der Waals surface area contributed by atoms with Crippen molar-refractivity contribution in [2.75, 3.05) is 46.5 Å². The van der Waals surface area contributed by atoms with Crippen molar-refractivity contribution in [1.29, 1.82) is 0 Å². The van der Waals surface area contributed by atoms with Crippen LogP contribution in [0.4, 0.5) is 13.2 Å². The molecule has 4 rings (SSSR count). The third-order valence-electron chi connectivity index (χ3n) is 6.40. The van der Waals surface area contributed by atoms with Gasteiger partial charge in [-0.15, -0.1) is 0 Å². The maximum atomic E-state index is 13.0. The second kappa shape index (κ2) is 12.9. The summed E-state index contributed by atoms with van der Waals surface area (Å²) in [6.07, 6.45) is -4.32. The van der Waals surface area contributed by atoms with E-state index in [9.17, 15) is 27.9 Å². The van der Waals surface area contributed by atoms with Gasteiger partial charge in [-0.1, -0.05) is 30.3 Å². The van der Waals surface area contributed by atoms with Crippen molar-refractivity contribution in [3.63, 3.8) is 0 Å². The van der Waals surface area contributed by atoms with Gasteiger partial charge in [-0.25, -0.2) is 4.79 Å². The molecule has 2 amide bonds. The molecule has 10 nitrogen and oxygen atoms in total. The van der Waals surface area contributed by atoms with Crippen LogP contribution in [0.2, 0.25) is 0 Å². The Kier molecular flexibility index (Phi) is 9.89. The smallest absolute Gasteiger partial charge is 0.490 e. The minimum atomic E-state index is -5.08. The third kappa shape index (κ3) is 7.05. The zero-order chi connectivity index (χ0) is 28.6. The van der Waals surface area contributed by atoms with E-state index in [1.165, 1.54) is 7.05 Å². The molecule has 1 fully saturated rings. The number of morpholine rings is 1. The molecule has 2 aromatic carbocycles. The molecule has 1 saturated heterocycles. The second-order valence-corrected chi connectivity index (χ2v) is 8.92. The number of rotatable bonds is 7. The molecular weight excluding hydrogens is 523 g/mol. The molecule has 2 heterocycles. The first-order chi connectivity index (χ1) is 18.5. The molecule has 0 aliphatic carbocycles. The summed E-state index contributed by atoms with van der Waals surface area (Å²) in [6.45, 7) is 2.71. The van der Waals surface area contributed by atoms with Crippen LogP contribution in [-0.4, -0.2) is 86.8 Å². The molecule has 212 valence electrons. The van der Waals surface area contributed by atoms with Crippen molar-refractivity contribution >= 4 is 17.8 Å². The Hall–Kier alpha value is -3.68. The number of aliphatic hydroxyl groups is 1. The first-order valence-electron chi connectivity index (χ1n) is 12.1. The summed E-state index contributed by atoms with van der Waals surface area (Å²) in [6, 6.07) is 12.8. The van der Waals surface area contributed by atoms with Crippen LogP contribution in [-0.2, 0) is 14.9 Å². The van der Waals surface area contributed by atoms with Crippen LogP contribution in [0.5, 0.6) is 5.75 Å². The van der Waals surface area contributed by atoms with Gasteiger partial charge in [0.15, 0.2) is 0 Å². The maximum Gasteiger partial charge on any atom is 0.490 e. The zero-order valence-electron chi connectivity index (χ0n) is 21.1. The third-order valence-corrected chi connectivity index (χ3v) is 6.40. The monoisotopic (exact) mass is 553 g/mol. The molecule has 0 saturated carbocycles. The molecule has 0 bridgehead atoms. The zero-order valence-corrected chi connectivity index (χ0v) is 21.1. The highest BCUT2D eigenvalue weighted by Crippen LogP contribution is 2.45. The predicted octanol–water partition coefficient (Wildman–Crippen LogP) is 1.46. The van der Waals surface area contributed by atoms with E-state index in [-0.39, 0.29) is 36.7 Å². The van der Waals surface area contributed by atoms with E-state index >= 15 is 0 Å². The Morgan fingerprint density at radius 3 is 2.41 bits per heavy atom. The number of carboxylic acid groups (broad SMARTS) is 1. The van der Waals surface area contributed by atoms with Gasteiger partial charge < -0.3 is 35.6 Å². The second-order valence-electron chi connectivity index (χ2n) is 8.92. The maximum absolute atomic E-state index is 13.0. The van der Waals surface area contributed by atoms with E-state index in [0.29, 0.717) is 36.4 Å². The number of ether oxygens (including phenoxy) is 2. The number of carboxylic acids is 1. The number of halogens is 3. The number of hydrogen-bond acceptors (Lipinski definition) is 7. The van der Waals surface area contributed by atoms with Gasteiger partial charge in [0.25, 0.3) is 11.8 Å². The molecule has 2 atom stereocenters. The van der Waals surface area contributed by atoms with Gasteiger partial charge >= 0.3 is 12.1 Å². The first-order valence-corrected chi connectivity index (χ1v) is 12.1. The van der Waals surface area contributed by atoms with Crippen LogP contribution >= 0.6 is 0 Å². The molecule has 5 N–H and O–H groups in total. The number of carbonyl (C=O) groups is 3. The van der Waals surface area contributed by atoms with Crippen molar-refractivity contribution < 1.29 is 47.2 Å². The van der Waals surface area contributed by atoms with Crippen molar-refractivity contribution in [3.05, 3.63) is 64.7 Å². The number of hydrogen-bond donors (Lipinski definition) is 5. The Morgan fingerprint density at radius 2 is 1.85 bits per heavy atom. The largest absolute Gasteiger partial charge is 0.491 e. The minimum Gasteiger partial charge on any atom is -0.491 e. The quantitative estimate of drug-likeness (QED) is 0.347. The molecule has 2 aliphatic rings. The number of amides is 2. The highest BCUT2D eigenvalue weighted by atomic mass is 19.4. The summed E-state index contributed by atoms with van der Waals surface area (Å²) in [5.41, 5.74) is 1.28. The van der Waals surface area contributed by atoms with Gasteiger partial charge in [0.05, 0.1) is 30.3 Å². The van der Waals surface area contributed by atoms with Gasteiger partial charge in [-0.05, 0) is 24.1 Å². The summed E-state index contributed by atoms with van der Waals surface area (Å²) >= 11 is 0. The van der Waals surface area contributed by atoms with Crippen molar-refractivity contribution in [2.24, 2.45) is 0 Å². The lowest BCUT2D eigenvalue weighted by Gasteiger charge is -2.26. The molecule has 2 aromatic rings. The van der Waals surface area contributed by atoms with Crippen LogP contribution in [0.15, 0.2) is 42.5 Å². The number of benzene rings is 2. The number of aliphatic hydroxyl groups excluding tert-OH is 1. The molecule has 2 aliphatic heterocycles. The predicted molar refractivity (Wildman–Crippen MR) is 133 cm³/mol. The Balaban J connectivity index is 0.000000532. The standard InChI is InChI=1S/C24H29N3O5.C2HF3O2/c1-25-23(30)19-11-16(22(29)27-8-7-18-13-26-9-10-31-18)12-20-21(19)32-15-24(20,14-28)17-5-3-2-4-6-17;3-2(4,5)1(6)7/h2-6,11-12,18,26,28H,7-10,13-15H2,1H3,(H,25,30)(H,27,29);(H,6,7)/t18-,24?;/m0./s1. The Labute approximate surface area is 222 Å². The fourth-order valence-electron chi connectivity index (χ4n) is 4.32. The van der Waals surface area contributed by atoms with Crippen LogP contribution in [0.1, 0.15) is 38.3 Å². The molecule has 1 unspecified atom stereocenters. The number of alkyl halides is 3. The van der Waals surface area contributed by atoms with Gasteiger partial charge in [0.2, 0.25) is 0 Å². The van der Waals surface area contributed by atoms with Crippen molar-refractivity contribution in [2.45, 2.75) is 24.1 Å². The molecule has 0 aromatic heterocycles. The molecule has 13 heteroatoms. The topological polar surface area (TPSA) is 146 Å². The number of fused-ring (bicyclic) bond motifs is 1. The van der Waals surface area contributed by atoms with E-state index in [4.69, 9.17) is 19.4 Å². The van der Waals surface area contributed by atoms with Gasteiger partial charge in [-0.3, -0.25) is 9.59 Å². The lowest BCUT2D eigenvalue weighted by molar-refractivity contribution is -0.192. The van der Waals surface area contributed by atoms with Crippen molar-refractivity contribution in [1.82, 2.24) is 16.0 Å². The van der Waals surface area contributed by atoms with Crippen molar-refractivity contribution in [3.8, 4) is 5.75 Å². The number of nitrogens with one attached hydrogen (secondary N) is 3. The number of aliphatic carboxylic acids is 1. The van der Waals surface area contributed by atoms with Crippen LogP contribution in [0, 0.1) is 0 Å². The van der Waals surface area contributed by atoms with Gasteiger partial charge in [0.1, 0.15) is 12.4 Å². The number of carbonyl (C=O) groups excluding carboxylic acids is 2. The SMILES string of the molecule is CNC(=O)c1cc(C(=O)NCC[C@H]2CNCCO2)cc2c1OCC2(CO)c1ccccc1.O=C(O)C(F)(F)F. The fraction of sp³-hybridized carbons (Fsp3) is 0.423. The van der Waals surface area contributed by atoms with E-state index in [0.717, 1.165) is 18.7 Å². The van der Waals surface area contributed by atoms with Crippen LogP contribution in [0.25, 0.3) is 0 Å². The van der Waals surface area contributed by atoms with E-state index in [1.807, 2.05) is 30.3 Å². The average molecular weight is 554 g/mol. The van der Waals surface area contributed by atoms with E-state index in [1.54, 1.807) is 12.1 Å². The highest BCUT2D eigenvalue weighted by molar-refractivity contribution is 6.02. The van der Waals surface area contributed by atoms with E-state index in [2.05, 4.69) is 16.0 Å². The highest BCUT2D eigenvalue weighted by Gasteiger charge is 2.44. The summed E-state index contributed by atoms with van der Waals surface area (Å²) in [4.78, 5) is 34.5. The molecular formula is C26H30F3N3O7. The van der Waals surface area contributed by atoms with Crippen LogP contribution < -0.4 is 20.7 Å². The molecule has 0 spiro atoms. The molecule has 39 heavy (non-hydrogen) atoms. The Morgan fingerprint density at radius 1 is 1.15 bits per heavy atom. The lowest BCUT2D eigenvalue weighted by atomic mass is 9.76. The average Bonchev–Trinajstić information content (AvgIpc) is 3.32.